The van der Waals surface area contributed by atoms with Crippen molar-refractivity contribution in [3.8, 4) is 23.0 Å². The summed E-state index contributed by atoms with van der Waals surface area (Å²) < 4.78 is 23.1. The quantitative estimate of drug-likeness (QED) is 0.0727. The smallest absolute Gasteiger partial charge is 0.301 e. The second-order valence-corrected chi connectivity index (χ2v) is 12.2. The van der Waals surface area contributed by atoms with Gasteiger partial charge in [-0.05, 0) is 54.4 Å². The number of hydrogen-bond acceptors (Lipinski definition) is 11. The zero-order valence-electron chi connectivity index (χ0n) is 23.6. The molecule has 13 heteroatoms. The van der Waals surface area contributed by atoms with Crippen molar-refractivity contribution in [2.24, 2.45) is 0 Å². The Hall–Kier alpha value is -4.26. The third-order valence-corrected chi connectivity index (χ3v) is 9.45. The summed E-state index contributed by atoms with van der Waals surface area (Å²) in [4.78, 5) is 28.6. The number of ketones is 1. The molecule has 1 atom stereocenters. The van der Waals surface area contributed by atoms with Crippen molar-refractivity contribution >= 4 is 57.3 Å². The predicted octanol–water partition coefficient (Wildman–Crippen LogP) is 6.29. The minimum Gasteiger partial charge on any atom is -0.507 e. The predicted molar refractivity (Wildman–Crippen MR) is 167 cm³/mol. The van der Waals surface area contributed by atoms with E-state index in [0.29, 0.717) is 69.1 Å². The van der Waals surface area contributed by atoms with Crippen LogP contribution in [0.5, 0.6) is 23.0 Å². The average Bonchev–Trinajstić information content (AvgIpc) is 3.62. The van der Waals surface area contributed by atoms with E-state index in [9.17, 15) is 14.7 Å². The highest BCUT2D eigenvalue weighted by atomic mass is 35.5. The molecular formula is C31H26ClN3O7S2. The molecule has 3 heterocycles. The number of aliphatic hydroxyl groups is 1. The summed E-state index contributed by atoms with van der Waals surface area (Å²) in [5.74, 6) is 0.320. The normalized spacial score (nSPS) is 17.2. The lowest BCUT2D eigenvalue weighted by molar-refractivity contribution is -0.132. The fraction of sp³-hybridized carbons (Fsp3) is 0.226. The Balaban J connectivity index is 1.43. The molecule has 1 unspecified atom stereocenters. The summed E-state index contributed by atoms with van der Waals surface area (Å²) in [6.45, 7) is 3.02. The molecule has 1 saturated heterocycles. The minimum atomic E-state index is -1.04. The van der Waals surface area contributed by atoms with Gasteiger partial charge in [0.05, 0.1) is 25.3 Å². The van der Waals surface area contributed by atoms with Crippen LogP contribution in [0.2, 0.25) is 5.02 Å². The van der Waals surface area contributed by atoms with Gasteiger partial charge in [0.15, 0.2) is 27.3 Å². The van der Waals surface area contributed by atoms with E-state index in [1.165, 1.54) is 23.8 Å². The van der Waals surface area contributed by atoms with Crippen molar-refractivity contribution in [1.29, 1.82) is 0 Å². The lowest BCUT2D eigenvalue weighted by Gasteiger charge is -2.24. The highest BCUT2D eigenvalue weighted by Gasteiger charge is 2.48. The number of benzene rings is 3. The molecule has 44 heavy (non-hydrogen) atoms. The van der Waals surface area contributed by atoms with Crippen LogP contribution in [0.3, 0.4) is 0 Å². The van der Waals surface area contributed by atoms with Gasteiger partial charge in [-0.2, -0.15) is 0 Å². The number of fused-ring (bicyclic) bond motifs is 1. The lowest BCUT2D eigenvalue weighted by atomic mass is 9.95. The first-order valence-corrected chi connectivity index (χ1v) is 15.8. The second kappa shape index (κ2) is 12.8. The molecule has 0 bridgehead atoms. The molecule has 1 N–H and O–H groups in total. The standard InChI is InChI=1S/C31H26ClN3O7S2/c1-3-40-21-10-8-17(14-23(21)39-2)26-25(27(36)18-9-11-22-24(15-18)42-13-12-41-22)28(37)29(38)35(26)30-33-34-31(44-30)43-16-19-6-4-5-7-20(19)32/h4-11,14-15,26,36H,3,12-13,16H2,1-2H3/b27-25+. The Bertz CT molecular complexity index is 1780. The van der Waals surface area contributed by atoms with Crippen molar-refractivity contribution in [2.45, 2.75) is 23.1 Å². The van der Waals surface area contributed by atoms with Gasteiger partial charge in [0.25, 0.3) is 5.78 Å². The highest BCUT2D eigenvalue weighted by Crippen LogP contribution is 2.46. The Labute approximate surface area is 266 Å². The summed E-state index contributed by atoms with van der Waals surface area (Å²) >= 11 is 8.89. The molecule has 10 nitrogen and oxygen atoms in total. The summed E-state index contributed by atoms with van der Waals surface area (Å²) in [6.07, 6.45) is 0. The summed E-state index contributed by atoms with van der Waals surface area (Å²) in [6, 6.07) is 16.4. The second-order valence-electron chi connectivity index (χ2n) is 9.60. The highest BCUT2D eigenvalue weighted by molar-refractivity contribution is 8.00. The van der Waals surface area contributed by atoms with Crippen molar-refractivity contribution in [1.82, 2.24) is 10.2 Å². The van der Waals surface area contributed by atoms with Gasteiger partial charge in [-0.1, -0.05) is 59.0 Å². The molecule has 2 aliphatic heterocycles. The third kappa shape index (κ3) is 5.68. The van der Waals surface area contributed by atoms with Crippen LogP contribution in [-0.2, 0) is 15.3 Å². The van der Waals surface area contributed by atoms with Gasteiger partial charge in [0.1, 0.15) is 19.0 Å². The molecule has 1 aromatic heterocycles. The number of aliphatic hydroxyl groups excluding tert-OH is 1. The number of carbonyl (C=O) groups is 2. The number of nitrogens with zero attached hydrogens (tertiary/aromatic N) is 3. The molecule has 0 saturated carbocycles. The summed E-state index contributed by atoms with van der Waals surface area (Å²) in [5.41, 5.74) is 1.61. The van der Waals surface area contributed by atoms with Crippen LogP contribution in [0.4, 0.5) is 5.13 Å². The number of carbonyl (C=O) groups excluding carboxylic acids is 2. The molecule has 6 rings (SSSR count). The molecule has 0 spiro atoms. The van der Waals surface area contributed by atoms with E-state index in [4.69, 9.17) is 30.5 Å². The molecule has 1 fully saturated rings. The molecule has 0 radical (unpaired) electrons. The van der Waals surface area contributed by atoms with Crippen LogP contribution in [0, 0.1) is 0 Å². The molecule has 2 aliphatic rings. The average molecular weight is 652 g/mol. The van der Waals surface area contributed by atoms with E-state index in [-0.39, 0.29) is 16.5 Å². The number of halogens is 1. The van der Waals surface area contributed by atoms with Crippen LogP contribution in [0.25, 0.3) is 5.76 Å². The molecule has 226 valence electrons. The van der Waals surface area contributed by atoms with Crippen LogP contribution < -0.4 is 23.8 Å². The zero-order valence-corrected chi connectivity index (χ0v) is 26.0. The Kier molecular flexibility index (Phi) is 8.65. The number of thioether (sulfide) groups is 1. The van der Waals surface area contributed by atoms with E-state index in [0.717, 1.165) is 16.9 Å². The fourth-order valence-corrected chi connectivity index (χ4v) is 7.09. The number of methoxy groups -OCH3 is 1. The Morgan fingerprint density at radius 3 is 2.64 bits per heavy atom. The lowest BCUT2D eigenvalue weighted by Crippen LogP contribution is -2.29. The Morgan fingerprint density at radius 2 is 1.86 bits per heavy atom. The number of ether oxygens (including phenoxy) is 4. The van der Waals surface area contributed by atoms with Crippen molar-refractivity contribution < 1.29 is 33.6 Å². The monoisotopic (exact) mass is 651 g/mol. The van der Waals surface area contributed by atoms with Gasteiger partial charge in [-0.25, -0.2) is 0 Å². The van der Waals surface area contributed by atoms with Crippen LogP contribution >= 0.6 is 34.7 Å². The van der Waals surface area contributed by atoms with E-state index in [1.807, 2.05) is 31.2 Å². The number of aromatic nitrogens is 2. The van der Waals surface area contributed by atoms with E-state index in [2.05, 4.69) is 10.2 Å². The summed E-state index contributed by atoms with van der Waals surface area (Å²) in [5, 5.41) is 21.0. The third-order valence-electron chi connectivity index (χ3n) is 6.97. The van der Waals surface area contributed by atoms with Crippen molar-refractivity contribution in [3.05, 3.63) is 87.9 Å². The van der Waals surface area contributed by atoms with Crippen LogP contribution in [-0.4, -0.2) is 53.9 Å². The number of Topliss-reactive ketones (excluding diaryl/α,β-unsaturated/α-hetero) is 1. The first-order valence-electron chi connectivity index (χ1n) is 13.6. The topological polar surface area (TPSA) is 120 Å². The van der Waals surface area contributed by atoms with E-state index < -0.39 is 17.7 Å². The van der Waals surface area contributed by atoms with E-state index in [1.54, 1.807) is 36.4 Å². The molecule has 1 amide bonds. The Morgan fingerprint density at radius 1 is 1.07 bits per heavy atom. The number of rotatable bonds is 9. The van der Waals surface area contributed by atoms with Gasteiger partial charge < -0.3 is 24.1 Å². The maximum absolute atomic E-state index is 13.7. The first-order chi connectivity index (χ1) is 21.4. The van der Waals surface area contributed by atoms with Crippen LogP contribution in [0.1, 0.15) is 29.7 Å². The maximum Gasteiger partial charge on any atom is 0.301 e. The number of amides is 1. The van der Waals surface area contributed by atoms with E-state index >= 15 is 0 Å². The van der Waals surface area contributed by atoms with Gasteiger partial charge in [-0.15, -0.1) is 10.2 Å². The molecule has 3 aromatic carbocycles. The zero-order chi connectivity index (χ0) is 30.8. The largest absolute Gasteiger partial charge is 0.507 e. The SMILES string of the molecule is CCOc1ccc(C2/C(=C(\O)c3ccc4c(c3)OCCO4)C(=O)C(=O)N2c2nnc(SCc3ccccc3Cl)s2)cc1OC. The summed E-state index contributed by atoms with van der Waals surface area (Å²) in [7, 11) is 1.50. The number of hydrogen-bond donors (Lipinski definition) is 1. The molecule has 0 aliphatic carbocycles. The van der Waals surface area contributed by atoms with Gasteiger partial charge in [0.2, 0.25) is 5.13 Å². The van der Waals surface area contributed by atoms with Gasteiger partial charge >= 0.3 is 5.91 Å². The van der Waals surface area contributed by atoms with Crippen LogP contribution in [0.15, 0.2) is 70.6 Å². The maximum atomic E-state index is 13.7. The number of anilines is 1. The van der Waals surface area contributed by atoms with Crippen molar-refractivity contribution in [2.75, 3.05) is 31.8 Å². The fourth-order valence-electron chi connectivity index (χ4n) is 4.93. The van der Waals surface area contributed by atoms with Gasteiger partial charge in [0, 0.05) is 16.3 Å². The van der Waals surface area contributed by atoms with Crippen molar-refractivity contribution in [3.63, 3.8) is 0 Å². The van der Waals surface area contributed by atoms with Gasteiger partial charge in [-0.3, -0.25) is 14.5 Å². The first kappa shape index (κ1) is 29.8. The molecular weight excluding hydrogens is 626 g/mol. The minimum absolute atomic E-state index is 0.113. The molecule has 4 aromatic rings.